The van der Waals surface area contributed by atoms with Crippen molar-refractivity contribution in [1.29, 1.82) is 0 Å². The number of hydrogen-bond acceptors (Lipinski definition) is 6. The van der Waals surface area contributed by atoms with Crippen LogP contribution in [-0.2, 0) is 5.41 Å². The molecule has 0 unspecified atom stereocenters. The molecule has 6 heteroatoms. The maximum Gasteiger partial charge on any atom is 0.227 e. The van der Waals surface area contributed by atoms with E-state index in [0.717, 1.165) is 87.7 Å². The lowest BCUT2D eigenvalue weighted by Gasteiger charge is -2.31. The van der Waals surface area contributed by atoms with Crippen molar-refractivity contribution in [2.24, 2.45) is 0 Å². The molecule has 0 fully saturated rings. The van der Waals surface area contributed by atoms with Crippen molar-refractivity contribution in [3.63, 3.8) is 0 Å². The van der Waals surface area contributed by atoms with Crippen LogP contribution >= 0.6 is 0 Å². The van der Waals surface area contributed by atoms with E-state index in [0.29, 0.717) is 17.7 Å². The van der Waals surface area contributed by atoms with Crippen molar-refractivity contribution in [2.75, 3.05) is 0 Å². The van der Waals surface area contributed by atoms with Gasteiger partial charge in [-0.2, -0.15) is 0 Å². The van der Waals surface area contributed by atoms with Gasteiger partial charge in [0.25, 0.3) is 0 Å². The van der Waals surface area contributed by atoms with Crippen molar-refractivity contribution in [2.45, 2.75) is 5.41 Å². The smallest absolute Gasteiger partial charge is 0.227 e. The fraction of sp³-hybridized carbons (Fsp3) is 0.00781. The number of aromatic nitrogens is 3. The predicted octanol–water partition coefficient (Wildman–Crippen LogP) is 34.7. The second kappa shape index (κ2) is 30.8. The predicted molar refractivity (Wildman–Crippen MR) is 557 cm³/mol. The topological polar surface area (TPSA) is 78.1 Å². The minimum atomic E-state index is -0.432. The van der Waals surface area contributed by atoms with Gasteiger partial charge >= 0.3 is 0 Å². The molecule has 0 saturated carbocycles. The quantitative estimate of drug-likeness (QED) is 0.141. The van der Waals surface area contributed by atoms with Gasteiger partial charge in [-0.25, -0.2) is 15.0 Å². The van der Waals surface area contributed by atoms with Crippen LogP contribution in [0.1, 0.15) is 22.3 Å². The van der Waals surface area contributed by atoms with E-state index in [1.165, 1.54) is 170 Å². The maximum atomic E-state index is 6.57. The fourth-order valence-corrected chi connectivity index (χ4v) is 21.8. The van der Waals surface area contributed by atoms with Crippen molar-refractivity contribution in [3.8, 4) is 112 Å². The zero-order valence-corrected chi connectivity index (χ0v) is 72.5. The molecule has 134 heavy (non-hydrogen) atoms. The number of rotatable bonds is 8. The minimum Gasteiger partial charge on any atom is -0.435 e. The first-order valence-electron chi connectivity index (χ1n) is 45.8. The Balaban J connectivity index is 0.000000104. The molecular formula is C128H77N3O3. The van der Waals surface area contributed by atoms with E-state index in [1.54, 1.807) is 0 Å². The van der Waals surface area contributed by atoms with Gasteiger partial charge < -0.3 is 13.3 Å². The van der Waals surface area contributed by atoms with Crippen molar-refractivity contribution >= 4 is 141 Å². The Morgan fingerprint density at radius 3 is 1.06 bits per heavy atom. The zero-order valence-electron chi connectivity index (χ0n) is 72.5. The standard InChI is InChI=1S/C50H29NO.C41H25NO.C37H23NO/c1-2-11-33(12-3-1)49-51-45-27-24-32-20-18-31-19-21-34(28-41(31)46(32)48(45)52-49)35-23-25-39-40-26-22-30-10-4-5-13-36(30)47(40)50(44(39)29-35)42-16-8-6-14-37(42)38-15-7-9-17-43(38)50;1-2-9-27(10-3-1)41-42-38-22-20-26-17-18-32-24-29(19-21-34(32)39(26)40(38)43-41)28-12-8-13-30(23-28)37-25-31-11-4-5-14-33(31)35-15-6-7-16-36(35)37;1-2-9-26(10-3-1)37-38-34-21-19-25-16-17-30-23-28(18-20-33(30)35(25)36(34)39-37)27-12-6-13-29(22-27)32-15-7-11-24-8-4-5-14-31(24)32/h1-29H;1-25H;1-23H. The molecule has 0 bridgehead atoms. The Kier molecular flexibility index (Phi) is 17.5. The average molecular weight is 1710 g/mol. The molecule has 0 atom stereocenters. The third-order valence-electron chi connectivity index (χ3n) is 28.0. The van der Waals surface area contributed by atoms with Crippen LogP contribution in [0, 0.1) is 0 Å². The second-order valence-electron chi connectivity index (χ2n) is 35.4. The third kappa shape index (κ3) is 12.3. The molecule has 622 valence electrons. The maximum absolute atomic E-state index is 6.57. The normalized spacial score (nSPS) is 12.4. The molecule has 0 aliphatic heterocycles. The van der Waals surface area contributed by atoms with Gasteiger partial charge in [0, 0.05) is 32.8 Å². The minimum absolute atomic E-state index is 0.432. The van der Waals surface area contributed by atoms with E-state index >= 15 is 0 Å². The van der Waals surface area contributed by atoms with Crippen LogP contribution in [0.5, 0.6) is 0 Å². The number of hydrogen-bond donors (Lipinski definition) is 0. The Bertz CT molecular complexity index is 9490. The molecule has 3 aromatic heterocycles. The van der Waals surface area contributed by atoms with E-state index in [-0.39, 0.29) is 0 Å². The van der Waals surface area contributed by atoms with Crippen molar-refractivity contribution in [1.82, 2.24) is 15.0 Å². The van der Waals surface area contributed by atoms with Crippen LogP contribution < -0.4 is 0 Å². The summed E-state index contributed by atoms with van der Waals surface area (Å²) >= 11 is 0. The molecular weight excluding hydrogens is 1630 g/mol. The summed E-state index contributed by atoms with van der Waals surface area (Å²) in [5.74, 6) is 1.94. The van der Waals surface area contributed by atoms with Gasteiger partial charge in [0.2, 0.25) is 17.7 Å². The lowest BCUT2D eigenvalue weighted by atomic mass is 9.69. The summed E-state index contributed by atoms with van der Waals surface area (Å²) in [6.45, 7) is 0. The molecule has 1 spiro atoms. The summed E-state index contributed by atoms with van der Waals surface area (Å²) < 4.78 is 19.4. The van der Waals surface area contributed by atoms with Crippen LogP contribution in [0.3, 0.4) is 0 Å². The Morgan fingerprint density at radius 1 is 0.157 bits per heavy atom. The Labute approximate surface area is 770 Å². The van der Waals surface area contributed by atoms with E-state index < -0.39 is 5.41 Å². The molecule has 24 aromatic carbocycles. The van der Waals surface area contributed by atoms with Gasteiger partial charge in [-0.1, -0.05) is 370 Å². The van der Waals surface area contributed by atoms with Crippen LogP contribution in [0.4, 0.5) is 0 Å². The first-order valence-corrected chi connectivity index (χ1v) is 45.8. The SMILES string of the molecule is c1ccc(-c2nc3ccc4ccc5cc(-c6cccc(-c7cc8ccccc8c8ccccc78)c6)ccc5c4c3o2)cc1.c1ccc(-c2nc3ccc4ccc5cc(-c6cccc(-c7cccc8ccccc78)c6)ccc5c4c3o2)cc1.c1ccc(-c2nc3ccc4ccc5ccc(-c6ccc7c(c6)C6(c8ccccc8-c8ccccc86)c6c-7ccc7ccccc67)cc5c4c3o2)cc1. The van der Waals surface area contributed by atoms with Gasteiger partial charge in [-0.05, 0) is 289 Å². The van der Waals surface area contributed by atoms with Crippen LogP contribution in [0.25, 0.3) is 253 Å². The molecule has 6 nitrogen and oxygen atoms in total. The van der Waals surface area contributed by atoms with Gasteiger partial charge in [-0.3, -0.25) is 0 Å². The number of benzene rings is 24. The summed E-state index contributed by atoms with van der Waals surface area (Å²) in [6.07, 6.45) is 0. The summed E-state index contributed by atoms with van der Waals surface area (Å²) in [5, 5.41) is 24.0. The highest BCUT2D eigenvalue weighted by Crippen LogP contribution is 2.65. The van der Waals surface area contributed by atoms with Crippen LogP contribution in [0.2, 0.25) is 0 Å². The highest BCUT2D eigenvalue weighted by molar-refractivity contribution is 6.22. The fourth-order valence-electron chi connectivity index (χ4n) is 21.8. The largest absolute Gasteiger partial charge is 0.435 e. The molecule has 29 rings (SSSR count). The third-order valence-corrected chi connectivity index (χ3v) is 28.0. The summed E-state index contributed by atoms with van der Waals surface area (Å²) in [5.41, 5.74) is 30.4. The summed E-state index contributed by atoms with van der Waals surface area (Å²) in [4.78, 5) is 14.5. The first-order chi connectivity index (χ1) is 66.4. The van der Waals surface area contributed by atoms with Crippen molar-refractivity contribution in [3.05, 3.63) is 489 Å². The van der Waals surface area contributed by atoms with Gasteiger partial charge in [0.05, 0.1) is 5.41 Å². The number of fused-ring (bicyclic) bond motifs is 31. The first kappa shape index (κ1) is 76.3. The lowest BCUT2D eigenvalue weighted by molar-refractivity contribution is 0.623. The van der Waals surface area contributed by atoms with Gasteiger partial charge in [0.1, 0.15) is 16.6 Å². The monoisotopic (exact) mass is 1700 g/mol. The van der Waals surface area contributed by atoms with Crippen LogP contribution in [0.15, 0.2) is 480 Å². The van der Waals surface area contributed by atoms with Crippen LogP contribution in [-0.4, -0.2) is 15.0 Å². The molecule has 27 aromatic rings. The molecule has 0 saturated heterocycles. The van der Waals surface area contributed by atoms with E-state index in [9.17, 15) is 0 Å². The molecule has 0 N–H and O–H groups in total. The molecule has 0 amide bonds. The van der Waals surface area contributed by atoms with E-state index in [1.807, 2.05) is 97.1 Å². The average Bonchev–Trinajstić information content (AvgIpc) is 1.50. The second-order valence-corrected chi connectivity index (χ2v) is 35.4. The molecule has 0 radical (unpaired) electrons. The Morgan fingerprint density at radius 2 is 0.493 bits per heavy atom. The van der Waals surface area contributed by atoms with Gasteiger partial charge in [0.15, 0.2) is 16.7 Å². The number of oxazole rings is 3. The zero-order chi connectivity index (χ0) is 88.1. The van der Waals surface area contributed by atoms with E-state index in [2.05, 4.69) is 370 Å². The number of nitrogens with zero attached hydrogens (tertiary/aromatic N) is 3. The summed E-state index contributed by atoms with van der Waals surface area (Å²) in [6, 6.07) is 168. The van der Waals surface area contributed by atoms with Crippen molar-refractivity contribution < 1.29 is 13.3 Å². The molecule has 2 aliphatic carbocycles. The van der Waals surface area contributed by atoms with Gasteiger partial charge in [-0.15, -0.1) is 0 Å². The van der Waals surface area contributed by atoms with E-state index in [4.69, 9.17) is 28.2 Å². The summed E-state index contributed by atoms with van der Waals surface area (Å²) in [7, 11) is 0. The highest BCUT2D eigenvalue weighted by Gasteiger charge is 2.52. The lowest BCUT2D eigenvalue weighted by Crippen LogP contribution is -2.26. The molecule has 2 aliphatic rings. The molecule has 3 heterocycles. The Hall–Kier alpha value is -17.7. The highest BCUT2D eigenvalue weighted by atomic mass is 16.4.